The number of hydrogen-bond donors (Lipinski definition) is 0. The zero-order chi connectivity index (χ0) is 20.9. The van der Waals surface area contributed by atoms with Gasteiger partial charge in [0.15, 0.2) is 23.3 Å². The van der Waals surface area contributed by atoms with Gasteiger partial charge in [0.25, 0.3) is 17.9 Å². The molecule has 27 heavy (non-hydrogen) atoms. The molecule has 6 nitrogen and oxygen atoms in total. The molecule has 0 N–H and O–H groups in total. The van der Waals surface area contributed by atoms with Gasteiger partial charge in [-0.25, -0.2) is 22.0 Å². The summed E-state index contributed by atoms with van der Waals surface area (Å²) in [6, 6.07) is 0. The average molecular weight is 414 g/mol. The van der Waals surface area contributed by atoms with Gasteiger partial charge in [0.2, 0.25) is 5.82 Å². The number of hydrogen-bond acceptors (Lipinski definition) is 6. The van der Waals surface area contributed by atoms with Crippen molar-refractivity contribution in [2.75, 3.05) is 0 Å². The monoisotopic (exact) mass is 414 g/mol. The predicted octanol–water partition coefficient (Wildman–Crippen LogP) is 2.39. The molecule has 0 saturated carbocycles. The number of halogens is 5. The lowest BCUT2D eigenvalue weighted by molar-refractivity contribution is -0.149. The van der Waals surface area contributed by atoms with E-state index in [1.807, 2.05) is 0 Å². The van der Waals surface area contributed by atoms with Crippen molar-refractivity contribution in [2.45, 2.75) is 40.0 Å². The second-order valence-corrected chi connectivity index (χ2v) is 7.21. The van der Waals surface area contributed by atoms with Crippen LogP contribution in [0.2, 0.25) is 0 Å². The molecule has 0 aliphatic heterocycles. The lowest BCUT2D eigenvalue weighted by atomic mass is 10.3. The molecule has 0 heterocycles. The molecule has 1 rings (SSSR count). The van der Waals surface area contributed by atoms with Crippen molar-refractivity contribution in [1.29, 1.82) is 0 Å². The molecular weight excluding hydrogens is 399 g/mol. The van der Waals surface area contributed by atoms with Gasteiger partial charge in [-0.1, -0.05) is 20.8 Å². The van der Waals surface area contributed by atoms with Gasteiger partial charge in [-0.05, 0) is 0 Å². The molecular formula is C15H15F5O6Si. The second kappa shape index (κ2) is 8.93. The molecule has 0 spiro atoms. The molecule has 0 aliphatic rings. The van der Waals surface area contributed by atoms with E-state index >= 15 is 0 Å². The van der Waals surface area contributed by atoms with Crippen molar-refractivity contribution in [2.24, 2.45) is 0 Å². The van der Waals surface area contributed by atoms with Gasteiger partial charge in [-0.2, -0.15) is 0 Å². The first-order valence-corrected chi connectivity index (χ1v) is 9.44. The van der Waals surface area contributed by atoms with E-state index in [2.05, 4.69) is 0 Å². The summed E-state index contributed by atoms with van der Waals surface area (Å²) < 4.78 is 83.3. The predicted molar refractivity (Wildman–Crippen MR) is 80.8 cm³/mol. The minimum Gasteiger partial charge on any atom is -0.452 e. The molecule has 1 aromatic rings. The average Bonchev–Trinajstić information content (AvgIpc) is 2.64. The standard InChI is InChI=1S/C15H15F5O6Si/c1-4-7(21)24-27(25-8(22)5-2,26-9(23)6-3)15-13(19)11(17)10(16)12(18)14(15)20/h4-6H2,1-3H3. The normalized spacial score (nSPS) is 11.1. The minimum absolute atomic E-state index is 0.433. The maximum absolute atomic E-state index is 14.3. The van der Waals surface area contributed by atoms with Gasteiger partial charge in [0, 0.05) is 19.3 Å². The van der Waals surface area contributed by atoms with Crippen LogP contribution in [0.15, 0.2) is 0 Å². The molecule has 1 aromatic carbocycles. The Bertz CT molecular complexity index is 695. The summed E-state index contributed by atoms with van der Waals surface area (Å²) in [5.41, 5.74) is 0. The van der Waals surface area contributed by atoms with Crippen LogP contribution < -0.4 is 5.19 Å². The summed E-state index contributed by atoms with van der Waals surface area (Å²) in [6.45, 7) is 3.72. The highest BCUT2D eigenvalue weighted by molar-refractivity contribution is 6.79. The van der Waals surface area contributed by atoms with Crippen molar-refractivity contribution in [3.63, 3.8) is 0 Å². The first-order chi connectivity index (χ1) is 12.5. The molecule has 0 fully saturated rings. The Kier molecular flexibility index (Phi) is 7.45. The number of carbonyl (C=O) groups excluding carboxylic acids is 3. The summed E-state index contributed by atoms with van der Waals surface area (Å²) >= 11 is 0. The largest absolute Gasteiger partial charge is 0.749 e. The topological polar surface area (TPSA) is 78.9 Å². The first kappa shape index (κ1) is 22.5. The molecule has 12 heteroatoms. The molecule has 0 atom stereocenters. The first-order valence-electron chi connectivity index (χ1n) is 7.71. The van der Waals surface area contributed by atoms with E-state index in [4.69, 9.17) is 13.3 Å². The highest BCUT2D eigenvalue weighted by Crippen LogP contribution is 2.23. The molecule has 0 amide bonds. The summed E-state index contributed by atoms with van der Waals surface area (Å²) in [4.78, 5) is 35.2. The highest BCUT2D eigenvalue weighted by Gasteiger charge is 2.61. The summed E-state index contributed by atoms with van der Waals surface area (Å²) in [5, 5.41) is -1.80. The third-order valence-corrected chi connectivity index (χ3v) is 5.67. The van der Waals surface area contributed by atoms with E-state index in [9.17, 15) is 36.3 Å². The number of benzene rings is 1. The van der Waals surface area contributed by atoms with Crippen LogP contribution in [0.1, 0.15) is 40.0 Å². The van der Waals surface area contributed by atoms with Crippen LogP contribution in [0.5, 0.6) is 0 Å². The fourth-order valence-electron chi connectivity index (χ4n) is 1.76. The molecule has 0 aromatic heterocycles. The fourth-order valence-corrected chi connectivity index (χ4v) is 4.28. The molecule has 0 unspecified atom stereocenters. The van der Waals surface area contributed by atoms with Gasteiger partial charge in [-0.3, -0.25) is 14.4 Å². The zero-order valence-electron chi connectivity index (χ0n) is 14.5. The summed E-state index contributed by atoms with van der Waals surface area (Å²) in [6.07, 6.45) is -1.30. The van der Waals surface area contributed by atoms with Crippen molar-refractivity contribution < 1.29 is 49.6 Å². The van der Waals surface area contributed by atoms with Gasteiger partial charge in [-0.15, -0.1) is 0 Å². The second-order valence-electron chi connectivity index (χ2n) is 4.98. The van der Waals surface area contributed by atoms with Crippen LogP contribution in [-0.4, -0.2) is 26.7 Å². The highest BCUT2D eigenvalue weighted by atomic mass is 28.4. The van der Waals surface area contributed by atoms with E-state index in [-0.39, 0.29) is 0 Å². The Morgan fingerprint density at radius 2 is 0.889 bits per heavy atom. The Balaban J connectivity index is 3.86. The van der Waals surface area contributed by atoms with E-state index in [0.717, 1.165) is 0 Å². The van der Waals surface area contributed by atoms with E-state index < -0.39 is 80.2 Å². The van der Waals surface area contributed by atoms with Crippen LogP contribution in [0.4, 0.5) is 22.0 Å². The summed E-state index contributed by atoms with van der Waals surface area (Å²) in [5.74, 6) is -15.9. The number of carbonyl (C=O) groups is 3. The van der Waals surface area contributed by atoms with Crippen molar-refractivity contribution >= 4 is 31.9 Å². The number of rotatable bonds is 7. The van der Waals surface area contributed by atoms with Crippen molar-refractivity contribution in [3.8, 4) is 0 Å². The molecule has 0 saturated heterocycles. The fraction of sp³-hybridized carbons (Fsp3) is 0.400. The zero-order valence-corrected chi connectivity index (χ0v) is 15.5. The Morgan fingerprint density at radius 3 is 1.15 bits per heavy atom. The third kappa shape index (κ3) is 4.62. The van der Waals surface area contributed by atoms with Crippen LogP contribution in [-0.2, 0) is 27.7 Å². The van der Waals surface area contributed by atoms with E-state index in [0.29, 0.717) is 0 Å². The SMILES string of the molecule is CCC(=O)O[Si](OC(=O)CC)(OC(=O)CC)c1c(F)c(F)c(F)c(F)c1F. The molecule has 150 valence electrons. The van der Waals surface area contributed by atoms with Gasteiger partial charge >= 0.3 is 8.80 Å². The van der Waals surface area contributed by atoms with Crippen molar-refractivity contribution in [3.05, 3.63) is 29.1 Å². The van der Waals surface area contributed by atoms with Gasteiger partial charge in [0.1, 0.15) is 5.19 Å². The lowest BCUT2D eigenvalue weighted by Gasteiger charge is -2.28. The lowest BCUT2D eigenvalue weighted by Crippen LogP contribution is -2.62. The van der Waals surface area contributed by atoms with Crippen LogP contribution >= 0.6 is 0 Å². The smallest absolute Gasteiger partial charge is 0.452 e. The van der Waals surface area contributed by atoms with Crippen LogP contribution in [0.25, 0.3) is 0 Å². The summed E-state index contributed by atoms with van der Waals surface area (Å²) in [7, 11) is -5.54. The maximum Gasteiger partial charge on any atom is 0.749 e. The minimum atomic E-state index is -5.54. The van der Waals surface area contributed by atoms with Crippen molar-refractivity contribution in [1.82, 2.24) is 0 Å². The van der Waals surface area contributed by atoms with Gasteiger partial charge < -0.3 is 13.3 Å². The van der Waals surface area contributed by atoms with Gasteiger partial charge in [0.05, 0.1) is 0 Å². The maximum atomic E-state index is 14.3. The molecule has 0 radical (unpaired) electrons. The Labute approximate surface area is 151 Å². The van der Waals surface area contributed by atoms with E-state index in [1.165, 1.54) is 20.8 Å². The van der Waals surface area contributed by atoms with Crippen LogP contribution in [0.3, 0.4) is 0 Å². The molecule has 0 aliphatic carbocycles. The van der Waals surface area contributed by atoms with E-state index in [1.54, 1.807) is 0 Å². The molecule has 0 bridgehead atoms. The third-order valence-electron chi connectivity index (χ3n) is 3.13. The quantitative estimate of drug-likeness (QED) is 0.295. The Hall–Kier alpha value is -2.50. The Morgan fingerprint density at radius 1 is 0.630 bits per heavy atom. The van der Waals surface area contributed by atoms with Crippen LogP contribution in [0, 0.1) is 29.1 Å².